The third kappa shape index (κ3) is 5.06. The van der Waals surface area contributed by atoms with E-state index in [1.54, 1.807) is 6.20 Å². The zero-order valence-corrected chi connectivity index (χ0v) is 15.5. The molecule has 2 fully saturated rings. The van der Waals surface area contributed by atoms with Crippen molar-refractivity contribution in [2.45, 2.75) is 69.9 Å². The second-order valence-electron chi connectivity index (χ2n) is 7.67. The van der Waals surface area contributed by atoms with Gasteiger partial charge in [0.2, 0.25) is 11.9 Å². The van der Waals surface area contributed by atoms with Gasteiger partial charge in [-0.3, -0.25) is 4.79 Å². The standard InChI is InChI=1S/C19H31N5O/c1-24(2)17-12-13-20-19(23-17)22-16-10-8-15(9-11-16)21-18(25)14-6-4-3-5-7-14/h12-16H,3-11H2,1-2H3,(H,21,25)(H,20,22,23)/t15-,16+. The lowest BCUT2D eigenvalue weighted by molar-refractivity contribution is -0.126. The van der Waals surface area contributed by atoms with E-state index in [1.807, 2.05) is 25.1 Å². The lowest BCUT2D eigenvalue weighted by atomic mass is 9.87. The Morgan fingerprint density at radius 1 is 1.04 bits per heavy atom. The van der Waals surface area contributed by atoms with Crippen LogP contribution in [0.4, 0.5) is 11.8 Å². The molecule has 2 aliphatic carbocycles. The van der Waals surface area contributed by atoms with Gasteiger partial charge in [0, 0.05) is 38.3 Å². The summed E-state index contributed by atoms with van der Waals surface area (Å²) in [5, 5.41) is 6.74. The minimum absolute atomic E-state index is 0.256. The van der Waals surface area contributed by atoms with Crippen molar-refractivity contribution in [1.82, 2.24) is 15.3 Å². The maximum Gasteiger partial charge on any atom is 0.224 e. The number of carbonyl (C=O) groups is 1. The van der Waals surface area contributed by atoms with Gasteiger partial charge >= 0.3 is 0 Å². The molecule has 1 heterocycles. The van der Waals surface area contributed by atoms with Crippen LogP contribution >= 0.6 is 0 Å². The monoisotopic (exact) mass is 345 g/mol. The maximum atomic E-state index is 12.4. The fourth-order valence-corrected chi connectivity index (χ4v) is 3.92. The summed E-state index contributed by atoms with van der Waals surface area (Å²) in [7, 11) is 3.96. The smallest absolute Gasteiger partial charge is 0.224 e. The summed E-state index contributed by atoms with van der Waals surface area (Å²) in [5.41, 5.74) is 0. The van der Waals surface area contributed by atoms with E-state index < -0.39 is 0 Å². The molecule has 1 aromatic rings. The molecule has 2 N–H and O–H groups in total. The molecule has 6 nitrogen and oxygen atoms in total. The van der Waals surface area contributed by atoms with Crippen LogP contribution in [0.5, 0.6) is 0 Å². The number of hydrogen-bond acceptors (Lipinski definition) is 5. The van der Waals surface area contributed by atoms with Crippen molar-refractivity contribution in [1.29, 1.82) is 0 Å². The summed E-state index contributed by atoms with van der Waals surface area (Å²) in [6.07, 6.45) is 11.8. The van der Waals surface area contributed by atoms with E-state index >= 15 is 0 Å². The number of nitrogens with one attached hydrogen (secondary N) is 2. The van der Waals surface area contributed by atoms with Crippen LogP contribution in [0, 0.1) is 5.92 Å². The molecule has 1 aromatic heterocycles. The number of nitrogens with zero attached hydrogens (tertiary/aromatic N) is 3. The van der Waals surface area contributed by atoms with E-state index in [-0.39, 0.29) is 11.8 Å². The molecular weight excluding hydrogens is 314 g/mol. The van der Waals surface area contributed by atoms with Gasteiger partial charge in [-0.2, -0.15) is 4.98 Å². The number of carbonyl (C=O) groups excluding carboxylic acids is 1. The summed E-state index contributed by atoms with van der Waals surface area (Å²) in [5.74, 6) is 2.15. The average molecular weight is 345 g/mol. The number of aromatic nitrogens is 2. The van der Waals surface area contributed by atoms with Crippen LogP contribution in [0.2, 0.25) is 0 Å². The summed E-state index contributed by atoms with van der Waals surface area (Å²) in [6, 6.07) is 2.63. The molecule has 0 radical (unpaired) electrons. The summed E-state index contributed by atoms with van der Waals surface area (Å²) < 4.78 is 0. The van der Waals surface area contributed by atoms with Crippen LogP contribution in [-0.2, 0) is 4.79 Å². The van der Waals surface area contributed by atoms with Gasteiger partial charge in [-0.1, -0.05) is 19.3 Å². The van der Waals surface area contributed by atoms with Crippen molar-refractivity contribution in [2.75, 3.05) is 24.3 Å². The van der Waals surface area contributed by atoms with Crippen LogP contribution in [0.1, 0.15) is 57.8 Å². The zero-order valence-electron chi connectivity index (χ0n) is 15.5. The first-order chi connectivity index (χ1) is 12.1. The highest BCUT2D eigenvalue weighted by molar-refractivity contribution is 5.79. The molecule has 0 spiro atoms. The molecule has 0 atom stereocenters. The lowest BCUT2D eigenvalue weighted by Gasteiger charge is -2.31. The Kier molecular flexibility index (Phi) is 6.10. The fourth-order valence-electron chi connectivity index (χ4n) is 3.92. The summed E-state index contributed by atoms with van der Waals surface area (Å²) >= 11 is 0. The van der Waals surface area contributed by atoms with Gasteiger partial charge in [0.05, 0.1) is 0 Å². The van der Waals surface area contributed by atoms with Gasteiger partial charge in [-0.05, 0) is 44.6 Å². The normalized spacial score (nSPS) is 24.6. The van der Waals surface area contributed by atoms with Crippen molar-refractivity contribution in [3.05, 3.63) is 12.3 Å². The Labute approximate surface area is 150 Å². The molecule has 2 saturated carbocycles. The van der Waals surface area contributed by atoms with Crippen molar-refractivity contribution in [3.8, 4) is 0 Å². The van der Waals surface area contributed by atoms with E-state index in [0.29, 0.717) is 18.0 Å². The van der Waals surface area contributed by atoms with Gasteiger partial charge in [0.25, 0.3) is 0 Å². The molecular formula is C19H31N5O. The maximum absolute atomic E-state index is 12.4. The van der Waals surface area contributed by atoms with Crippen molar-refractivity contribution in [3.63, 3.8) is 0 Å². The van der Waals surface area contributed by atoms with Gasteiger partial charge in [-0.15, -0.1) is 0 Å². The van der Waals surface area contributed by atoms with E-state index in [2.05, 4.69) is 20.6 Å². The Balaban J connectivity index is 1.44. The van der Waals surface area contributed by atoms with Crippen LogP contribution in [0.15, 0.2) is 12.3 Å². The Morgan fingerprint density at radius 3 is 2.40 bits per heavy atom. The minimum Gasteiger partial charge on any atom is -0.363 e. The predicted molar refractivity (Wildman–Crippen MR) is 101 cm³/mol. The number of anilines is 2. The van der Waals surface area contributed by atoms with Crippen molar-refractivity contribution < 1.29 is 4.79 Å². The lowest BCUT2D eigenvalue weighted by Crippen LogP contribution is -2.43. The molecule has 3 rings (SSSR count). The second kappa shape index (κ2) is 8.50. The molecule has 25 heavy (non-hydrogen) atoms. The Bertz CT molecular complexity index is 563. The highest BCUT2D eigenvalue weighted by Crippen LogP contribution is 2.26. The average Bonchev–Trinajstić information content (AvgIpc) is 2.64. The first-order valence-electron chi connectivity index (χ1n) is 9.69. The Hall–Kier alpha value is -1.85. The quantitative estimate of drug-likeness (QED) is 0.858. The number of amides is 1. The molecule has 1 amide bonds. The molecule has 0 unspecified atom stereocenters. The van der Waals surface area contributed by atoms with Crippen LogP contribution < -0.4 is 15.5 Å². The first kappa shape index (κ1) is 18.0. The van der Waals surface area contributed by atoms with E-state index in [0.717, 1.165) is 44.3 Å². The minimum atomic E-state index is 0.256. The van der Waals surface area contributed by atoms with Crippen LogP contribution in [0.25, 0.3) is 0 Å². The fraction of sp³-hybridized carbons (Fsp3) is 0.737. The van der Waals surface area contributed by atoms with Gasteiger partial charge in [0.1, 0.15) is 5.82 Å². The van der Waals surface area contributed by atoms with Gasteiger partial charge < -0.3 is 15.5 Å². The van der Waals surface area contributed by atoms with Crippen molar-refractivity contribution >= 4 is 17.7 Å². The van der Waals surface area contributed by atoms with Gasteiger partial charge in [0.15, 0.2) is 0 Å². The molecule has 2 aliphatic rings. The summed E-state index contributed by atoms with van der Waals surface area (Å²) in [6.45, 7) is 0. The summed E-state index contributed by atoms with van der Waals surface area (Å²) in [4.78, 5) is 23.2. The third-order valence-electron chi connectivity index (χ3n) is 5.48. The zero-order chi connectivity index (χ0) is 17.6. The predicted octanol–water partition coefficient (Wildman–Crippen LogP) is 2.96. The molecule has 0 aromatic carbocycles. The topological polar surface area (TPSA) is 70.2 Å². The molecule has 138 valence electrons. The second-order valence-corrected chi connectivity index (χ2v) is 7.67. The molecule has 0 saturated heterocycles. The number of hydrogen-bond donors (Lipinski definition) is 2. The van der Waals surface area contributed by atoms with E-state index in [9.17, 15) is 4.79 Å². The van der Waals surface area contributed by atoms with Crippen LogP contribution in [-0.4, -0.2) is 42.1 Å². The molecule has 0 aliphatic heterocycles. The Morgan fingerprint density at radius 2 is 1.72 bits per heavy atom. The van der Waals surface area contributed by atoms with Crippen LogP contribution in [0.3, 0.4) is 0 Å². The first-order valence-corrected chi connectivity index (χ1v) is 9.69. The molecule has 0 bridgehead atoms. The van der Waals surface area contributed by atoms with Gasteiger partial charge in [-0.25, -0.2) is 4.98 Å². The highest BCUT2D eigenvalue weighted by Gasteiger charge is 2.26. The largest absolute Gasteiger partial charge is 0.363 e. The number of rotatable bonds is 5. The van der Waals surface area contributed by atoms with E-state index in [1.165, 1.54) is 19.3 Å². The highest BCUT2D eigenvalue weighted by atomic mass is 16.1. The third-order valence-corrected chi connectivity index (χ3v) is 5.48. The van der Waals surface area contributed by atoms with Crippen molar-refractivity contribution in [2.24, 2.45) is 5.92 Å². The SMILES string of the molecule is CN(C)c1ccnc(N[C@H]2CC[C@@H](NC(=O)C3CCCCC3)CC2)n1. The molecule has 6 heteroatoms. The van der Waals surface area contributed by atoms with E-state index in [4.69, 9.17) is 0 Å².